The molecule has 2 N–H and O–H groups in total. The molecule has 106 valence electrons. The van der Waals surface area contributed by atoms with Gasteiger partial charge < -0.3 is 5.73 Å². The van der Waals surface area contributed by atoms with Crippen LogP contribution in [0.2, 0.25) is 0 Å². The Balaban J connectivity index is 3.04. The van der Waals surface area contributed by atoms with Crippen molar-refractivity contribution in [1.29, 1.82) is 0 Å². The first-order valence-corrected chi connectivity index (χ1v) is 7.45. The van der Waals surface area contributed by atoms with E-state index < -0.39 is 0 Å². The highest BCUT2D eigenvalue weighted by atomic mass is 32.2. The van der Waals surface area contributed by atoms with Crippen molar-refractivity contribution < 1.29 is 0 Å². The summed E-state index contributed by atoms with van der Waals surface area (Å²) in [5, 5.41) is 0. The molecule has 0 amide bonds. The van der Waals surface area contributed by atoms with E-state index in [0.717, 1.165) is 21.5 Å². The van der Waals surface area contributed by atoms with Crippen LogP contribution in [-0.2, 0) is 0 Å². The van der Waals surface area contributed by atoms with Gasteiger partial charge in [-0.1, -0.05) is 72.7 Å². The monoisotopic (exact) mass is 293 g/mol. The zero-order valence-corrected chi connectivity index (χ0v) is 13.0. The van der Waals surface area contributed by atoms with Crippen molar-refractivity contribution in [1.82, 2.24) is 0 Å². The van der Waals surface area contributed by atoms with Gasteiger partial charge in [-0.3, -0.25) is 0 Å². The predicted molar refractivity (Wildman–Crippen MR) is 99.4 cm³/mol. The largest absolute Gasteiger partial charge is 0.398 e. The second-order valence-corrected chi connectivity index (χ2v) is 5.52. The molecule has 0 aliphatic heterocycles. The lowest BCUT2D eigenvalue weighted by Gasteiger charge is -2.15. The molecule has 0 spiro atoms. The highest BCUT2D eigenvalue weighted by molar-refractivity contribution is 8.27. The van der Waals surface area contributed by atoms with Gasteiger partial charge >= 0.3 is 0 Å². The highest BCUT2D eigenvalue weighted by Crippen LogP contribution is 2.32. The van der Waals surface area contributed by atoms with Crippen molar-refractivity contribution >= 4 is 23.3 Å². The number of hydrogen-bond donors (Lipinski definition) is 1. The summed E-state index contributed by atoms with van der Waals surface area (Å²) in [5.74, 6) is 0.0158. The normalized spacial score (nSPS) is 10.7. The summed E-state index contributed by atoms with van der Waals surface area (Å²) in [4.78, 5) is 1.02. The Morgan fingerprint density at radius 2 is 1.52 bits per heavy atom. The standard InChI is InChI=1S/C18H20BNS/c1-5-7-11-15(3)19(16(4)12-8-6-2)21-18-14-10-9-13-17(18)20/h5-14H,1-4,20H2/b11-7-,12-8-. The maximum atomic E-state index is 6.02. The summed E-state index contributed by atoms with van der Waals surface area (Å²) < 4.78 is 0. The zero-order chi connectivity index (χ0) is 15.7. The Labute approximate surface area is 132 Å². The van der Waals surface area contributed by atoms with E-state index in [4.69, 9.17) is 5.73 Å². The topological polar surface area (TPSA) is 26.0 Å². The maximum Gasteiger partial charge on any atom is 0.279 e. The molecule has 0 saturated heterocycles. The number of hydrogen-bond acceptors (Lipinski definition) is 2. The van der Waals surface area contributed by atoms with Gasteiger partial charge in [-0.15, -0.1) is 13.2 Å². The highest BCUT2D eigenvalue weighted by Gasteiger charge is 2.21. The molecular formula is C18H20BNS. The summed E-state index contributed by atoms with van der Waals surface area (Å²) in [6.07, 6.45) is 11.1. The smallest absolute Gasteiger partial charge is 0.279 e. The van der Waals surface area contributed by atoms with Crippen LogP contribution in [0.3, 0.4) is 0 Å². The van der Waals surface area contributed by atoms with Gasteiger partial charge in [-0.2, -0.15) is 11.6 Å². The predicted octanol–water partition coefficient (Wildman–Crippen LogP) is 5.03. The van der Waals surface area contributed by atoms with Crippen molar-refractivity contribution in [2.45, 2.75) is 4.90 Å². The number of allylic oxidation sites excluding steroid dienone is 8. The molecule has 21 heavy (non-hydrogen) atoms. The molecule has 0 radical (unpaired) electrons. The number of nitrogens with two attached hydrogens (primary N) is 1. The average Bonchev–Trinajstić information content (AvgIpc) is 2.49. The third kappa shape index (κ3) is 5.40. The van der Waals surface area contributed by atoms with Gasteiger partial charge in [0.1, 0.15) is 0 Å². The number of rotatable bonds is 8. The zero-order valence-electron chi connectivity index (χ0n) is 12.2. The Kier molecular flexibility index (Phi) is 7.20. The van der Waals surface area contributed by atoms with Crippen LogP contribution in [0, 0.1) is 0 Å². The average molecular weight is 293 g/mol. The first kappa shape index (κ1) is 16.9. The second-order valence-electron chi connectivity index (χ2n) is 4.38. The Morgan fingerprint density at radius 1 is 1.00 bits per heavy atom. The molecule has 1 aromatic rings. The van der Waals surface area contributed by atoms with E-state index in [0.29, 0.717) is 0 Å². The molecule has 0 unspecified atom stereocenters. The molecule has 1 rings (SSSR count). The fourth-order valence-electron chi connectivity index (χ4n) is 1.66. The lowest BCUT2D eigenvalue weighted by atomic mass is 9.61. The van der Waals surface area contributed by atoms with E-state index >= 15 is 0 Å². The van der Waals surface area contributed by atoms with Crippen LogP contribution in [0.4, 0.5) is 5.69 Å². The minimum Gasteiger partial charge on any atom is -0.398 e. The van der Waals surface area contributed by atoms with E-state index in [-0.39, 0.29) is 5.99 Å². The van der Waals surface area contributed by atoms with Crippen LogP contribution in [0.25, 0.3) is 0 Å². The van der Waals surface area contributed by atoms with Crippen molar-refractivity contribution in [2.24, 2.45) is 0 Å². The first-order valence-electron chi connectivity index (χ1n) is 6.57. The van der Waals surface area contributed by atoms with E-state index in [9.17, 15) is 0 Å². The van der Waals surface area contributed by atoms with Crippen LogP contribution in [-0.4, -0.2) is 5.99 Å². The minimum atomic E-state index is 0.0158. The molecule has 0 atom stereocenters. The third-order valence-corrected chi connectivity index (χ3v) is 4.20. The Hall–Kier alpha value is -2.13. The summed E-state index contributed by atoms with van der Waals surface area (Å²) in [6.45, 7) is 15.6. The SMILES string of the molecule is C=C/C=C\C(=C)B(Sc1ccccc1N)C(=C)/C=C\C=C. The lowest BCUT2D eigenvalue weighted by molar-refractivity contribution is 1.47. The number of benzene rings is 1. The fourth-order valence-corrected chi connectivity index (χ4v) is 2.74. The van der Waals surface area contributed by atoms with Gasteiger partial charge in [-0.25, -0.2) is 0 Å². The molecule has 0 saturated carbocycles. The van der Waals surface area contributed by atoms with E-state index in [1.165, 1.54) is 0 Å². The summed E-state index contributed by atoms with van der Waals surface area (Å²) in [5.41, 5.74) is 8.67. The van der Waals surface area contributed by atoms with Crippen molar-refractivity contribution in [2.75, 3.05) is 5.73 Å². The van der Waals surface area contributed by atoms with Crippen LogP contribution in [0.15, 0.2) is 103 Å². The summed E-state index contributed by atoms with van der Waals surface area (Å²) in [7, 11) is 0. The third-order valence-electron chi connectivity index (χ3n) is 2.73. The Bertz CT molecular complexity index is 569. The van der Waals surface area contributed by atoms with Gasteiger partial charge in [0.15, 0.2) is 0 Å². The molecule has 0 heterocycles. The van der Waals surface area contributed by atoms with Gasteiger partial charge in [0.2, 0.25) is 0 Å². The second kappa shape index (κ2) is 8.93. The number of nitrogen functional groups attached to an aromatic ring is 1. The molecule has 0 aliphatic rings. The maximum absolute atomic E-state index is 6.02. The molecule has 1 aromatic carbocycles. The first-order chi connectivity index (χ1) is 10.1. The number of anilines is 1. The minimum absolute atomic E-state index is 0.0158. The Morgan fingerprint density at radius 3 is 2.00 bits per heavy atom. The summed E-state index contributed by atoms with van der Waals surface area (Å²) in [6, 6.07) is 7.79. The molecule has 1 nitrogen and oxygen atoms in total. The van der Waals surface area contributed by atoms with Crippen molar-refractivity contribution in [3.05, 3.63) is 98.0 Å². The molecule has 0 fully saturated rings. The molecule has 0 aliphatic carbocycles. The summed E-state index contributed by atoms with van der Waals surface area (Å²) >= 11 is 1.64. The van der Waals surface area contributed by atoms with Crippen molar-refractivity contribution in [3.8, 4) is 0 Å². The van der Waals surface area contributed by atoms with E-state index in [1.807, 2.05) is 48.6 Å². The molecular weight excluding hydrogens is 273 g/mol. The van der Waals surface area contributed by atoms with Crippen LogP contribution in [0.5, 0.6) is 0 Å². The van der Waals surface area contributed by atoms with E-state index in [1.54, 1.807) is 23.8 Å². The van der Waals surface area contributed by atoms with Crippen LogP contribution < -0.4 is 5.73 Å². The van der Waals surface area contributed by atoms with Crippen molar-refractivity contribution in [3.63, 3.8) is 0 Å². The van der Waals surface area contributed by atoms with E-state index in [2.05, 4.69) is 26.3 Å². The molecule has 3 heteroatoms. The van der Waals surface area contributed by atoms with Crippen LogP contribution in [0.1, 0.15) is 0 Å². The van der Waals surface area contributed by atoms with Gasteiger partial charge in [0, 0.05) is 10.6 Å². The lowest BCUT2D eigenvalue weighted by Crippen LogP contribution is -2.13. The van der Waals surface area contributed by atoms with Gasteiger partial charge in [0.25, 0.3) is 5.99 Å². The van der Waals surface area contributed by atoms with Crippen LogP contribution >= 0.6 is 11.6 Å². The molecule has 0 bridgehead atoms. The quantitative estimate of drug-likeness (QED) is 0.413. The van der Waals surface area contributed by atoms with Gasteiger partial charge in [-0.05, 0) is 12.1 Å². The fraction of sp³-hybridized carbons (Fsp3) is 0. The number of para-hydroxylation sites is 1. The van der Waals surface area contributed by atoms with Gasteiger partial charge in [0.05, 0.1) is 0 Å². The molecule has 0 aromatic heterocycles.